The van der Waals surface area contributed by atoms with Gasteiger partial charge in [0.15, 0.2) is 0 Å². The van der Waals surface area contributed by atoms with Crippen LogP contribution in [-0.2, 0) is 0 Å². The Labute approximate surface area is 176 Å². The molecule has 4 aromatic rings. The Morgan fingerprint density at radius 1 is 1.10 bits per heavy atom. The molecule has 0 saturated carbocycles. The minimum atomic E-state index is -0.244. The van der Waals surface area contributed by atoms with Gasteiger partial charge in [-0.05, 0) is 37.6 Å². The molecule has 1 aromatic carbocycles. The number of benzene rings is 1. The predicted octanol–water partition coefficient (Wildman–Crippen LogP) is 3.98. The molecule has 1 amide bonds. The van der Waals surface area contributed by atoms with Gasteiger partial charge in [-0.1, -0.05) is 29.3 Å². The third-order valence-electron chi connectivity index (χ3n) is 4.18. The second-order valence-electron chi connectivity index (χ2n) is 6.74. The zero-order valence-corrected chi connectivity index (χ0v) is 17.2. The van der Waals surface area contributed by atoms with E-state index in [1.165, 1.54) is 11.3 Å². The maximum Gasteiger partial charge on any atom is 0.265 e. The molecule has 4 N–H and O–H groups in total. The highest BCUT2D eigenvalue weighted by atomic mass is 32.1. The van der Waals surface area contributed by atoms with Crippen LogP contribution >= 0.6 is 11.3 Å². The standard InChI is InChI=1S/C21H19N7OS/c1-12-7-13(2)9-14(8-12)11-24-28-21-26-16-10-17(30-18(16)19(22)27-21)20(29)25-15-3-5-23-6-4-15/h3-11H,1-2H3,(H,23,25,29)(H3,22,26,27,28)/b24-11+. The highest BCUT2D eigenvalue weighted by Gasteiger charge is 2.15. The topological polar surface area (TPSA) is 118 Å². The fraction of sp³-hybridized carbons (Fsp3) is 0.0952. The number of nitrogens with two attached hydrogens (primary N) is 1. The molecular formula is C21H19N7OS. The highest BCUT2D eigenvalue weighted by molar-refractivity contribution is 7.21. The van der Waals surface area contributed by atoms with Crippen LogP contribution in [0.25, 0.3) is 10.2 Å². The van der Waals surface area contributed by atoms with Gasteiger partial charge in [-0.25, -0.2) is 10.4 Å². The molecule has 0 unspecified atom stereocenters. The van der Waals surface area contributed by atoms with Crippen LogP contribution in [0, 0.1) is 13.8 Å². The fourth-order valence-electron chi connectivity index (χ4n) is 2.99. The summed E-state index contributed by atoms with van der Waals surface area (Å²) in [5.74, 6) is 0.308. The van der Waals surface area contributed by atoms with Crippen LogP contribution in [0.4, 0.5) is 17.5 Å². The number of amides is 1. The van der Waals surface area contributed by atoms with Gasteiger partial charge in [0.25, 0.3) is 5.91 Å². The first-order valence-electron chi connectivity index (χ1n) is 9.14. The molecule has 0 aliphatic rings. The number of fused-ring (bicyclic) bond motifs is 1. The summed E-state index contributed by atoms with van der Waals surface area (Å²) in [6.07, 6.45) is 4.92. The summed E-state index contributed by atoms with van der Waals surface area (Å²) >= 11 is 1.24. The van der Waals surface area contributed by atoms with Crippen LogP contribution in [0.2, 0.25) is 0 Å². The Balaban J connectivity index is 1.53. The van der Waals surface area contributed by atoms with Crippen LogP contribution in [-0.4, -0.2) is 27.1 Å². The summed E-state index contributed by atoms with van der Waals surface area (Å²) in [6, 6.07) is 11.3. The zero-order valence-electron chi connectivity index (χ0n) is 16.4. The predicted molar refractivity (Wildman–Crippen MR) is 121 cm³/mol. The molecule has 4 rings (SSSR count). The summed E-state index contributed by atoms with van der Waals surface area (Å²) in [7, 11) is 0. The Kier molecular flexibility index (Phi) is 5.36. The van der Waals surface area contributed by atoms with Crippen molar-refractivity contribution in [2.45, 2.75) is 13.8 Å². The van der Waals surface area contributed by atoms with E-state index in [1.54, 1.807) is 36.8 Å². The lowest BCUT2D eigenvalue weighted by Gasteiger charge is -2.02. The largest absolute Gasteiger partial charge is 0.382 e. The van der Waals surface area contributed by atoms with Crippen molar-refractivity contribution in [1.82, 2.24) is 15.0 Å². The van der Waals surface area contributed by atoms with Crippen molar-refractivity contribution in [1.29, 1.82) is 0 Å². The van der Waals surface area contributed by atoms with Crippen molar-refractivity contribution in [3.8, 4) is 0 Å². The van der Waals surface area contributed by atoms with Gasteiger partial charge >= 0.3 is 0 Å². The van der Waals surface area contributed by atoms with Crippen molar-refractivity contribution in [2.24, 2.45) is 5.10 Å². The number of nitrogens with zero attached hydrogens (tertiary/aromatic N) is 4. The van der Waals surface area contributed by atoms with Crippen LogP contribution in [0.15, 0.2) is 53.9 Å². The first-order chi connectivity index (χ1) is 14.5. The smallest absolute Gasteiger partial charge is 0.265 e. The summed E-state index contributed by atoms with van der Waals surface area (Å²) in [6.45, 7) is 4.07. The molecule has 8 nitrogen and oxygen atoms in total. The first kappa shape index (κ1) is 19.5. The molecule has 0 atom stereocenters. The van der Waals surface area contributed by atoms with Crippen LogP contribution in [0.3, 0.4) is 0 Å². The van der Waals surface area contributed by atoms with Gasteiger partial charge in [-0.3, -0.25) is 9.78 Å². The van der Waals surface area contributed by atoms with Gasteiger partial charge in [0.1, 0.15) is 5.82 Å². The van der Waals surface area contributed by atoms with E-state index in [0.29, 0.717) is 20.8 Å². The Morgan fingerprint density at radius 2 is 1.83 bits per heavy atom. The van der Waals surface area contributed by atoms with E-state index in [1.807, 2.05) is 26.0 Å². The van der Waals surface area contributed by atoms with Gasteiger partial charge in [0.05, 0.1) is 21.3 Å². The average Bonchev–Trinajstić information content (AvgIpc) is 3.13. The fourth-order valence-corrected chi connectivity index (χ4v) is 3.88. The molecule has 0 aliphatic carbocycles. The normalized spacial score (nSPS) is 11.1. The molecule has 0 spiro atoms. The number of nitrogens with one attached hydrogen (secondary N) is 2. The van der Waals surface area contributed by atoms with E-state index in [-0.39, 0.29) is 17.7 Å². The van der Waals surface area contributed by atoms with E-state index in [0.717, 1.165) is 16.7 Å². The lowest BCUT2D eigenvalue weighted by molar-refractivity contribution is 0.103. The van der Waals surface area contributed by atoms with Gasteiger partial charge < -0.3 is 11.1 Å². The molecule has 0 saturated heterocycles. The van der Waals surface area contributed by atoms with E-state index < -0.39 is 0 Å². The van der Waals surface area contributed by atoms with Crippen molar-refractivity contribution >= 4 is 51.1 Å². The number of hydrogen-bond donors (Lipinski definition) is 3. The Bertz CT molecular complexity index is 1230. The lowest BCUT2D eigenvalue weighted by Crippen LogP contribution is -2.09. The van der Waals surface area contributed by atoms with Gasteiger partial charge in [-0.2, -0.15) is 10.1 Å². The number of aryl methyl sites for hydroxylation is 2. The second kappa shape index (κ2) is 8.26. The third-order valence-corrected chi connectivity index (χ3v) is 5.33. The monoisotopic (exact) mass is 417 g/mol. The van der Waals surface area contributed by atoms with Crippen LogP contribution < -0.4 is 16.5 Å². The number of hydrogen-bond acceptors (Lipinski definition) is 8. The number of nitrogen functional groups attached to an aromatic ring is 1. The Morgan fingerprint density at radius 3 is 2.57 bits per heavy atom. The molecule has 30 heavy (non-hydrogen) atoms. The van der Waals surface area contributed by atoms with E-state index in [4.69, 9.17) is 5.73 Å². The molecule has 9 heteroatoms. The van der Waals surface area contributed by atoms with Crippen molar-refractivity contribution in [2.75, 3.05) is 16.5 Å². The first-order valence-corrected chi connectivity index (χ1v) is 9.95. The zero-order chi connectivity index (χ0) is 21.1. The number of rotatable bonds is 5. The minimum absolute atomic E-state index is 0.244. The van der Waals surface area contributed by atoms with Crippen molar-refractivity contribution in [3.63, 3.8) is 0 Å². The number of aromatic nitrogens is 3. The number of carbonyl (C=O) groups is 1. The second-order valence-corrected chi connectivity index (χ2v) is 7.79. The molecule has 3 aromatic heterocycles. The lowest BCUT2D eigenvalue weighted by atomic mass is 10.1. The SMILES string of the molecule is Cc1cc(C)cc(/C=N/Nc2nc(N)c3sc(C(=O)Nc4ccncc4)cc3n2)c1. The molecule has 0 fully saturated rings. The summed E-state index contributed by atoms with van der Waals surface area (Å²) in [5, 5.41) is 7.02. The number of thiophene rings is 1. The average molecular weight is 417 g/mol. The maximum atomic E-state index is 12.5. The Hall–Kier alpha value is -3.85. The summed E-state index contributed by atoms with van der Waals surface area (Å²) < 4.78 is 0.652. The summed E-state index contributed by atoms with van der Waals surface area (Å²) in [4.78, 5) is 25.6. The van der Waals surface area contributed by atoms with Crippen molar-refractivity contribution < 1.29 is 4.79 Å². The van der Waals surface area contributed by atoms with E-state index >= 15 is 0 Å². The number of carbonyl (C=O) groups excluding carboxylic acids is 1. The maximum absolute atomic E-state index is 12.5. The number of anilines is 3. The molecule has 3 heterocycles. The van der Waals surface area contributed by atoms with Gasteiger partial charge in [-0.15, -0.1) is 11.3 Å². The molecule has 150 valence electrons. The van der Waals surface area contributed by atoms with Gasteiger partial charge in [0, 0.05) is 18.1 Å². The third kappa shape index (κ3) is 4.41. The number of hydrazone groups is 1. The van der Waals surface area contributed by atoms with E-state index in [2.05, 4.69) is 36.9 Å². The van der Waals surface area contributed by atoms with E-state index in [9.17, 15) is 4.79 Å². The molecule has 0 bridgehead atoms. The summed E-state index contributed by atoms with van der Waals surface area (Å²) in [5.41, 5.74) is 13.4. The quantitative estimate of drug-likeness (QED) is 0.334. The minimum Gasteiger partial charge on any atom is -0.382 e. The van der Waals surface area contributed by atoms with Crippen LogP contribution in [0.1, 0.15) is 26.4 Å². The van der Waals surface area contributed by atoms with Crippen molar-refractivity contribution in [3.05, 3.63) is 70.4 Å². The molecular weight excluding hydrogens is 398 g/mol. The van der Waals surface area contributed by atoms with Gasteiger partial charge in [0.2, 0.25) is 5.95 Å². The van der Waals surface area contributed by atoms with Crippen LogP contribution in [0.5, 0.6) is 0 Å². The highest BCUT2D eigenvalue weighted by Crippen LogP contribution is 2.29. The molecule has 0 radical (unpaired) electrons. The molecule has 0 aliphatic heterocycles. The number of pyridine rings is 1.